The van der Waals surface area contributed by atoms with Crippen molar-refractivity contribution in [3.05, 3.63) is 65.7 Å². The van der Waals surface area contributed by atoms with Crippen molar-refractivity contribution in [2.45, 2.75) is 31.8 Å². The Bertz CT molecular complexity index is 702. The quantitative estimate of drug-likeness (QED) is 0.668. The highest BCUT2D eigenvalue weighted by molar-refractivity contribution is 5.83. The summed E-state index contributed by atoms with van der Waals surface area (Å²) in [5.74, 6) is 0.278. The molecule has 3 N–H and O–H groups in total. The number of benzene rings is 1. The Kier molecular flexibility index (Phi) is 7.30. The van der Waals surface area contributed by atoms with Gasteiger partial charge in [0.25, 0.3) is 0 Å². The summed E-state index contributed by atoms with van der Waals surface area (Å²) in [5.41, 5.74) is 1.76. The predicted octanol–water partition coefficient (Wildman–Crippen LogP) is 2.56. The standard InChI is InChI=1S/C21H27FN4O/c22-19-3-1-18(2-4-19)20(25-14-9-16-5-10-23-11-6-16)21(27)26-15-17-7-12-24-13-8-17/h1-4,7-8,12-13,16,20,23,25H,5-6,9-11,14-15H2,(H,26,27). The number of halogens is 1. The summed E-state index contributed by atoms with van der Waals surface area (Å²) in [5, 5.41) is 9.71. The first-order valence-electron chi connectivity index (χ1n) is 9.58. The highest BCUT2D eigenvalue weighted by atomic mass is 19.1. The van der Waals surface area contributed by atoms with Crippen LogP contribution in [0.2, 0.25) is 0 Å². The van der Waals surface area contributed by atoms with Crippen LogP contribution in [0, 0.1) is 11.7 Å². The van der Waals surface area contributed by atoms with Crippen molar-refractivity contribution in [3.63, 3.8) is 0 Å². The number of carbonyl (C=O) groups excluding carboxylic acids is 1. The van der Waals surface area contributed by atoms with Gasteiger partial charge in [-0.2, -0.15) is 0 Å². The molecule has 1 unspecified atom stereocenters. The number of rotatable bonds is 8. The number of pyridine rings is 1. The van der Waals surface area contributed by atoms with Crippen molar-refractivity contribution in [1.29, 1.82) is 0 Å². The molecular weight excluding hydrogens is 343 g/mol. The molecule has 144 valence electrons. The smallest absolute Gasteiger partial charge is 0.242 e. The molecule has 6 heteroatoms. The molecule has 1 saturated heterocycles. The lowest BCUT2D eigenvalue weighted by molar-refractivity contribution is -0.123. The summed E-state index contributed by atoms with van der Waals surface area (Å²) in [6, 6.07) is 9.39. The molecule has 2 heterocycles. The minimum Gasteiger partial charge on any atom is -0.350 e. The van der Waals surface area contributed by atoms with Crippen LogP contribution in [0.3, 0.4) is 0 Å². The molecule has 0 aliphatic carbocycles. The van der Waals surface area contributed by atoms with Gasteiger partial charge < -0.3 is 16.0 Å². The van der Waals surface area contributed by atoms with Crippen LogP contribution in [-0.4, -0.2) is 30.5 Å². The maximum absolute atomic E-state index is 13.3. The van der Waals surface area contributed by atoms with Crippen LogP contribution in [-0.2, 0) is 11.3 Å². The number of carbonyl (C=O) groups is 1. The summed E-state index contributed by atoms with van der Waals surface area (Å²) < 4.78 is 13.3. The number of hydrogen-bond donors (Lipinski definition) is 3. The van der Waals surface area contributed by atoms with E-state index in [2.05, 4.69) is 20.9 Å². The van der Waals surface area contributed by atoms with Gasteiger partial charge in [-0.3, -0.25) is 9.78 Å². The molecule has 1 aromatic heterocycles. The van der Waals surface area contributed by atoms with Crippen LogP contribution in [0.25, 0.3) is 0 Å². The van der Waals surface area contributed by atoms with Crippen molar-refractivity contribution in [1.82, 2.24) is 20.9 Å². The van der Waals surface area contributed by atoms with E-state index in [-0.39, 0.29) is 11.7 Å². The summed E-state index contributed by atoms with van der Waals surface area (Å²) in [7, 11) is 0. The van der Waals surface area contributed by atoms with E-state index < -0.39 is 6.04 Å². The number of nitrogens with one attached hydrogen (secondary N) is 3. The highest BCUT2D eigenvalue weighted by Crippen LogP contribution is 2.18. The second-order valence-corrected chi connectivity index (χ2v) is 6.99. The Morgan fingerprint density at radius 3 is 2.56 bits per heavy atom. The van der Waals surface area contributed by atoms with E-state index in [1.807, 2.05) is 12.1 Å². The van der Waals surface area contributed by atoms with Crippen molar-refractivity contribution < 1.29 is 9.18 Å². The fourth-order valence-corrected chi connectivity index (χ4v) is 3.41. The first kappa shape index (κ1) is 19.5. The van der Waals surface area contributed by atoms with Crippen LogP contribution in [0.15, 0.2) is 48.8 Å². The van der Waals surface area contributed by atoms with Gasteiger partial charge in [-0.05, 0) is 80.2 Å². The van der Waals surface area contributed by atoms with Crippen molar-refractivity contribution in [2.24, 2.45) is 5.92 Å². The van der Waals surface area contributed by atoms with E-state index >= 15 is 0 Å². The average molecular weight is 370 g/mol. The van der Waals surface area contributed by atoms with E-state index in [4.69, 9.17) is 0 Å². The van der Waals surface area contributed by atoms with Crippen molar-refractivity contribution >= 4 is 5.91 Å². The molecule has 5 nitrogen and oxygen atoms in total. The number of nitrogens with zero attached hydrogens (tertiary/aromatic N) is 1. The van der Waals surface area contributed by atoms with Crippen LogP contribution < -0.4 is 16.0 Å². The third-order valence-electron chi connectivity index (χ3n) is 5.04. The Labute approximate surface area is 159 Å². The average Bonchev–Trinajstić information content (AvgIpc) is 2.72. The normalized spacial score (nSPS) is 16.0. The van der Waals surface area contributed by atoms with Crippen molar-refractivity contribution in [2.75, 3.05) is 19.6 Å². The molecule has 1 fully saturated rings. The molecule has 2 aromatic rings. The molecule has 1 aromatic carbocycles. The highest BCUT2D eigenvalue weighted by Gasteiger charge is 2.21. The van der Waals surface area contributed by atoms with Gasteiger partial charge in [-0.15, -0.1) is 0 Å². The largest absolute Gasteiger partial charge is 0.350 e. The lowest BCUT2D eigenvalue weighted by Crippen LogP contribution is -2.38. The number of hydrogen-bond acceptors (Lipinski definition) is 4. The minimum absolute atomic E-state index is 0.108. The molecule has 0 saturated carbocycles. The molecule has 0 spiro atoms. The zero-order valence-corrected chi connectivity index (χ0v) is 15.5. The first-order valence-corrected chi connectivity index (χ1v) is 9.58. The fraction of sp³-hybridized carbons (Fsp3) is 0.429. The Morgan fingerprint density at radius 2 is 1.85 bits per heavy atom. The zero-order valence-electron chi connectivity index (χ0n) is 15.5. The summed E-state index contributed by atoms with van der Waals surface area (Å²) in [6.07, 6.45) is 6.80. The van der Waals surface area contributed by atoms with Gasteiger partial charge in [0, 0.05) is 18.9 Å². The second-order valence-electron chi connectivity index (χ2n) is 6.99. The summed E-state index contributed by atoms with van der Waals surface area (Å²) >= 11 is 0. The number of aromatic nitrogens is 1. The van der Waals surface area contributed by atoms with Gasteiger partial charge in [0.15, 0.2) is 0 Å². The SMILES string of the molecule is O=C(NCc1ccncc1)C(NCCC1CCNCC1)c1ccc(F)cc1. The third-order valence-corrected chi connectivity index (χ3v) is 5.04. The molecular formula is C21H27FN4O. The van der Waals surface area contributed by atoms with Crippen molar-refractivity contribution in [3.8, 4) is 0 Å². The zero-order chi connectivity index (χ0) is 18.9. The van der Waals surface area contributed by atoms with E-state index in [9.17, 15) is 9.18 Å². The number of piperidine rings is 1. The molecule has 1 atom stereocenters. The van der Waals surface area contributed by atoms with E-state index in [1.165, 1.54) is 25.0 Å². The Hall–Kier alpha value is -2.31. The molecule has 3 rings (SSSR count). The van der Waals surface area contributed by atoms with Crippen LogP contribution >= 0.6 is 0 Å². The molecule has 1 amide bonds. The van der Waals surface area contributed by atoms with E-state index in [1.54, 1.807) is 24.5 Å². The van der Waals surface area contributed by atoms with Crippen LogP contribution in [0.1, 0.15) is 36.4 Å². The first-order chi connectivity index (χ1) is 13.2. The van der Waals surface area contributed by atoms with Gasteiger partial charge in [0.2, 0.25) is 5.91 Å². The third kappa shape index (κ3) is 6.12. The topological polar surface area (TPSA) is 66.0 Å². The Balaban J connectivity index is 1.59. The van der Waals surface area contributed by atoms with Crippen LogP contribution in [0.4, 0.5) is 4.39 Å². The maximum Gasteiger partial charge on any atom is 0.242 e. The summed E-state index contributed by atoms with van der Waals surface area (Å²) in [4.78, 5) is 16.8. The minimum atomic E-state index is -0.492. The molecule has 1 aliphatic heterocycles. The fourth-order valence-electron chi connectivity index (χ4n) is 3.41. The lowest BCUT2D eigenvalue weighted by Gasteiger charge is -2.24. The van der Waals surface area contributed by atoms with Gasteiger partial charge >= 0.3 is 0 Å². The van der Waals surface area contributed by atoms with Gasteiger partial charge in [0.05, 0.1) is 0 Å². The monoisotopic (exact) mass is 370 g/mol. The van der Waals surface area contributed by atoms with Gasteiger partial charge in [-0.25, -0.2) is 4.39 Å². The van der Waals surface area contributed by atoms with E-state index in [0.29, 0.717) is 12.5 Å². The number of amides is 1. The van der Waals surface area contributed by atoms with E-state index in [0.717, 1.165) is 37.2 Å². The molecule has 0 radical (unpaired) electrons. The molecule has 27 heavy (non-hydrogen) atoms. The maximum atomic E-state index is 13.3. The van der Waals surface area contributed by atoms with Gasteiger partial charge in [0.1, 0.15) is 11.9 Å². The molecule has 0 bridgehead atoms. The van der Waals surface area contributed by atoms with Gasteiger partial charge in [-0.1, -0.05) is 12.1 Å². The molecule has 1 aliphatic rings. The lowest BCUT2D eigenvalue weighted by atomic mass is 9.94. The predicted molar refractivity (Wildman–Crippen MR) is 103 cm³/mol. The second kappa shape index (κ2) is 10.1. The Morgan fingerprint density at radius 1 is 1.15 bits per heavy atom. The van der Waals surface area contributed by atoms with Crippen LogP contribution in [0.5, 0.6) is 0 Å². The summed E-state index contributed by atoms with van der Waals surface area (Å²) in [6.45, 7) is 3.33.